The summed E-state index contributed by atoms with van der Waals surface area (Å²) in [5, 5.41) is 0. The first kappa shape index (κ1) is 11.4. The summed E-state index contributed by atoms with van der Waals surface area (Å²) < 4.78 is 11.3. The Bertz CT molecular complexity index is 380. The van der Waals surface area contributed by atoms with Crippen LogP contribution in [0.5, 0.6) is 0 Å². The fourth-order valence-corrected chi connectivity index (χ4v) is 1.70. The van der Waals surface area contributed by atoms with Gasteiger partial charge in [0, 0.05) is 24.2 Å². The van der Waals surface area contributed by atoms with Gasteiger partial charge in [0.15, 0.2) is 0 Å². The van der Waals surface area contributed by atoms with E-state index in [0.717, 1.165) is 11.7 Å². The van der Waals surface area contributed by atoms with E-state index in [2.05, 4.69) is 13.8 Å². The van der Waals surface area contributed by atoms with Gasteiger partial charge in [-0.25, -0.2) is 0 Å². The van der Waals surface area contributed by atoms with E-state index in [1.165, 1.54) is 0 Å². The molecule has 0 aromatic heterocycles. The molecule has 2 rings (SSSR count). The second kappa shape index (κ2) is 4.40. The lowest BCUT2D eigenvalue weighted by Gasteiger charge is -2.33. The Hall–Kier alpha value is -1.13. The predicted octanol–water partition coefficient (Wildman–Crippen LogP) is 1.27. The Morgan fingerprint density at radius 1 is 1.25 bits per heavy atom. The molecule has 84 valence electrons. The van der Waals surface area contributed by atoms with E-state index in [1.54, 1.807) is 6.07 Å². The van der Waals surface area contributed by atoms with Crippen molar-refractivity contribution in [2.75, 3.05) is 13.2 Å². The van der Waals surface area contributed by atoms with Crippen LogP contribution in [0.2, 0.25) is 0 Å². The molecule has 1 saturated heterocycles. The van der Waals surface area contributed by atoms with Crippen LogP contribution >= 0.6 is 0 Å². The van der Waals surface area contributed by atoms with Gasteiger partial charge < -0.3 is 9.31 Å². The Kier molecular flexibility index (Phi) is 3.12. The number of hydrogen-bond donors (Lipinski definition) is 0. The lowest BCUT2D eigenvalue weighted by molar-refractivity contribution is 0.0342. The lowest BCUT2D eigenvalue weighted by Crippen LogP contribution is -2.48. The molecule has 0 saturated carbocycles. The zero-order chi connectivity index (χ0) is 11.6. The quantitative estimate of drug-likeness (QED) is 0.553. The molecule has 1 aliphatic heterocycles. The molecule has 1 aromatic carbocycles. The molecule has 0 aliphatic carbocycles. The van der Waals surface area contributed by atoms with Crippen LogP contribution in [0.1, 0.15) is 24.2 Å². The van der Waals surface area contributed by atoms with Crippen LogP contribution in [0, 0.1) is 5.41 Å². The number of benzene rings is 1. The molecule has 3 nitrogen and oxygen atoms in total. The van der Waals surface area contributed by atoms with Crippen LogP contribution < -0.4 is 5.46 Å². The van der Waals surface area contributed by atoms with E-state index in [-0.39, 0.29) is 5.41 Å². The van der Waals surface area contributed by atoms with Gasteiger partial charge in [0.25, 0.3) is 0 Å². The van der Waals surface area contributed by atoms with Gasteiger partial charge in [-0.1, -0.05) is 38.1 Å². The fourth-order valence-electron chi connectivity index (χ4n) is 1.70. The van der Waals surface area contributed by atoms with Gasteiger partial charge in [-0.15, -0.1) is 0 Å². The summed E-state index contributed by atoms with van der Waals surface area (Å²) in [6.07, 6.45) is 0.835. The van der Waals surface area contributed by atoms with Crippen molar-refractivity contribution < 1.29 is 14.1 Å². The summed E-state index contributed by atoms with van der Waals surface area (Å²) in [7, 11) is -0.408. The van der Waals surface area contributed by atoms with Crippen molar-refractivity contribution in [3.8, 4) is 0 Å². The second-order valence-corrected chi connectivity index (χ2v) is 4.86. The third kappa shape index (κ3) is 2.34. The molecule has 0 amide bonds. The van der Waals surface area contributed by atoms with Crippen molar-refractivity contribution in [1.29, 1.82) is 0 Å². The lowest BCUT2D eigenvalue weighted by atomic mass is 9.73. The summed E-state index contributed by atoms with van der Waals surface area (Å²) in [6.45, 7) is 5.47. The highest BCUT2D eigenvalue weighted by atomic mass is 16.6. The molecule has 1 heterocycles. The maximum absolute atomic E-state index is 10.9. The van der Waals surface area contributed by atoms with Crippen molar-refractivity contribution in [3.63, 3.8) is 0 Å². The molecular weight excluding hydrogens is 203 g/mol. The van der Waals surface area contributed by atoms with Crippen molar-refractivity contribution in [1.82, 2.24) is 0 Å². The normalized spacial score (nSPS) is 19.5. The topological polar surface area (TPSA) is 35.5 Å². The molecule has 0 unspecified atom stereocenters. The summed E-state index contributed by atoms with van der Waals surface area (Å²) >= 11 is 0. The minimum absolute atomic E-state index is 0.0482. The number of carbonyl (C=O) groups excluding carboxylic acids is 1. The molecule has 4 heteroatoms. The van der Waals surface area contributed by atoms with Gasteiger partial charge in [0.05, 0.1) is 0 Å². The van der Waals surface area contributed by atoms with Gasteiger partial charge in [-0.3, -0.25) is 4.79 Å². The number of carbonyl (C=O) groups is 1. The first-order valence-corrected chi connectivity index (χ1v) is 5.40. The third-order valence-electron chi connectivity index (χ3n) is 2.63. The molecule has 0 atom stereocenters. The average Bonchev–Trinajstić information content (AvgIpc) is 2.29. The zero-order valence-corrected chi connectivity index (χ0v) is 9.60. The highest BCUT2D eigenvalue weighted by Gasteiger charge is 2.34. The molecule has 0 radical (unpaired) electrons. The number of hydrogen-bond acceptors (Lipinski definition) is 3. The molecule has 0 bridgehead atoms. The molecule has 0 spiro atoms. The monoisotopic (exact) mass is 218 g/mol. The molecule has 1 aromatic rings. The van der Waals surface area contributed by atoms with E-state index in [4.69, 9.17) is 9.31 Å². The Morgan fingerprint density at radius 3 is 2.50 bits per heavy atom. The fraction of sp³-hybridized carbons (Fsp3) is 0.417. The maximum atomic E-state index is 10.9. The van der Waals surface area contributed by atoms with Crippen LogP contribution in [0.4, 0.5) is 0 Å². The van der Waals surface area contributed by atoms with Crippen LogP contribution in [-0.2, 0) is 9.31 Å². The van der Waals surface area contributed by atoms with Crippen molar-refractivity contribution >= 4 is 18.9 Å². The van der Waals surface area contributed by atoms with Gasteiger partial charge in [-0.2, -0.15) is 0 Å². The maximum Gasteiger partial charge on any atom is 0.494 e. The second-order valence-electron chi connectivity index (χ2n) is 4.86. The molecule has 16 heavy (non-hydrogen) atoms. The Morgan fingerprint density at radius 2 is 1.88 bits per heavy atom. The summed E-state index contributed by atoms with van der Waals surface area (Å²) in [5.41, 5.74) is 1.49. The van der Waals surface area contributed by atoms with Crippen LogP contribution in [0.3, 0.4) is 0 Å². The summed E-state index contributed by atoms with van der Waals surface area (Å²) in [6, 6.07) is 7.36. The van der Waals surface area contributed by atoms with Gasteiger partial charge in [0.2, 0.25) is 0 Å². The first-order chi connectivity index (χ1) is 7.62. The highest BCUT2D eigenvalue weighted by molar-refractivity contribution is 6.62. The Labute approximate surface area is 95.9 Å². The molecule has 1 fully saturated rings. The minimum Gasteiger partial charge on any atom is -0.407 e. The van der Waals surface area contributed by atoms with Crippen LogP contribution in [0.25, 0.3) is 0 Å². The van der Waals surface area contributed by atoms with Gasteiger partial charge >= 0.3 is 7.12 Å². The Balaban J connectivity index is 2.17. The molecular formula is C12H15BO3. The zero-order valence-electron chi connectivity index (χ0n) is 9.60. The van der Waals surface area contributed by atoms with E-state index in [0.29, 0.717) is 18.8 Å². The van der Waals surface area contributed by atoms with Crippen LogP contribution in [-0.4, -0.2) is 26.6 Å². The van der Waals surface area contributed by atoms with E-state index in [1.807, 2.05) is 18.2 Å². The first-order valence-electron chi connectivity index (χ1n) is 5.40. The molecule has 1 aliphatic rings. The van der Waals surface area contributed by atoms with Crippen molar-refractivity contribution in [2.24, 2.45) is 5.41 Å². The van der Waals surface area contributed by atoms with E-state index in [9.17, 15) is 4.79 Å². The standard InChI is InChI=1S/C12H15BO3/c1-12(2)8-15-13(16-9-12)11-6-4-3-5-10(11)7-14/h3-7H,8-9H2,1-2H3. The third-order valence-corrected chi connectivity index (χ3v) is 2.63. The summed E-state index contributed by atoms with van der Waals surface area (Å²) in [4.78, 5) is 10.9. The highest BCUT2D eigenvalue weighted by Crippen LogP contribution is 2.21. The largest absolute Gasteiger partial charge is 0.494 e. The van der Waals surface area contributed by atoms with Crippen molar-refractivity contribution in [2.45, 2.75) is 13.8 Å². The number of rotatable bonds is 2. The predicted molar refractivity (Wildman–Crippen MR) is 62.9 cm³/mol. The minimum atomic E-state index is -0.408. The smallest absolute Gasteiger partial charge is 0.407 e. The van der Waals surface area contributed by atoms with Crippen molar-refractivity contribution in [3.05, 3.63) is 29.8 Å². The van der Waals surface area contributed by atoms with Gasteiger partial charge in [-0.05, 0) is 5.46 Å². The number of aldehydes is 1. The van der Waals surface area contributed by atoms with Gasteiger partial charge in [0.1, 0.15) is 6.29 Å². The van der Waals surface area contributed by atoms with E-state index >= 15 is 0 Å². The SMILES string of the molecule is CC1(C)COB(c2ccccc2C=O)OC1. The van der Waals surface area contributed by atoms with E-state index < -0.39 is 7.12 Å². The average molecular weight is 218 g/mol. The van der Waals surface area contributed by atoms with Crippen LogP contribution in [0.15, 0.2) is 24.3 Å². The molecule has 0 N–H and O–H groups in total. The summed E-state index contributed by atoms with van der Waals surface area (Å²) in [5.74, 6) is 0.